The summed E-state index contributed by atoms with van der Waals surface area (Å²) < 4.78 is 27.4. The Hall–Kier alpha value is -1.92. The van der Waals surface area contributed by atoms with Crippen molar-refractivity contribution in [2.45, 2.75) is 6.54 Å². The van der Waals surface area contributed by atoms with E-state index in [9.17, 15) is 8.42 Å². The third-order valence-corrected chi connectivity index (χ3v) is 4.61. The van der Waals surface area contributed by atoms with Crippen molar-refractivity contribution in [2.24, 2.45) is 0 Å². The van der Waals surface area contributed by atoms with Gasteiger partial charge in [0.1, 0.15) is 5.82 Å². The van der Waals surface area contributed by atoms with Gasteiger partial charge in [-0.15, -0.1) is 0 Å². The first kappa shape index (κ1) is 14.5. The number of aromatic nitrogens is 1. The molecule has 0 radical (unpaired) electrons. The van der Waals surface area contributed by atoms with E-state index in [1.54, 1.807) is 24.4 Å². The first-order valence-electron chi connectivity index (χ1n) is 6.17. The first-order chi connectivity index (χ1) is 9.51. The molecule has 0 aliphatic carbocycles. The summed E-state index contributed by atoms with van der Waals surface area (Å²) >= 11 is 0. The molecule has 20 heavy (non-hydrogen) atoms. The minimum atomic E-state index is -3.59. The van der Waals surface area contributed by atoms with E-state index < -0.39 is 10.2 Å². The van der Waals surface area contributed by atoms with E-state index in [-0.39, 0.29) is 6.54 Å². The minimum absolute atomic E-state index is 0.248. The number of benzene rings is 1. The maximum absolute atomic E-state index is 12.4. The summed E-state index contributed by atoms with van der Waals surface area (Å²) in [6, 6.07) is 14.7. The fraction of sp³-hybridized carbons (Fsp3) is 0.214. The van der Waals surface area contributed by atoms with Crippen LogP contribution in [-0.4, -0.2) is 31.8 Å². The first-order valence-corrected chi connectivity index (χ1v) is 7.56. The summed E-state index contributed by atoms with van der Waals surface area (Å²) in [6.07, 6.45) is 1.58. The van der Waals surface area contributed by atoms with Crippen LogP contribution in [0.15, 0.2) is 54.7 Å². The molecule has 0 fully saturated rings. The number of rotatable bonds is 5. The molecule has 0 N–H and O–H groups in total. The van der Waals surface area contributed by atoms with Gasteiger partial charge in [0.05, 0.1) is 6.54 Å². The summed E-state index contributed by atoms with van der Waals surface area (Å²) in [7, 11) is -0.566. The number of nitrogens with zero attached hydrogens (tertiary/aromatic N) is 3. The monoisotopic (exact) mass is 291 g/mol. The van der Waals surface area contributed by atoms with Crippen molar-refractivity contribution < 1.29 is 8.42 Å². The largest absolute Gasteiger partial charge is 0.305 e. The maximum atomic E-state index is 12.4. The summed E-state index contributed by atoms with van der Waals surface area (Å²) in [5.41, 5.74) is 0.906. The van der Waals surface area contributed by atoms with E-state index in [1.165, 1.54) is 22.7 Å². The van der Waals surface area contributed by atoms with E-state index in [2.05, 4.69) is 4.98 Å². The quantitative estimate of drug-likeness (QED) is 0.845. The van der Waals surface area contributed by atoms with Gasteiger partial charge in [-0.2, -0.15) is 12.7 Å². The molecule has 0 unspecified atom stereocenters. The molecule has 2 aromatic rings. The smallest absolute Gasteiger partial charge is 0.238 e. The van der Waals surface area contributed by atoms with Crippen LogP contribution in [0.2, 0.25) is 0 Å². The molecular formula is C14H17N3O2S. The lowest BCUT2D eigenvalue weighted by molar-refractivity contribution is 0.514. The lowest BCUT2D eigenvalue weighted by Crippen LogP contribution is -2.40. The topological polar surface area (TPSA) is 53.5 Å². The Kier molecular flexibility index (Phi) is 4.36. The minimum Gasteiger partial charge on any atom is -0.238 e. The van der Waals surface area contributed by atoms with Gasteiger partial charge in [-0.1, -0.05) is 36.4 Å². The van der Waals surface area contributed by atoms with Crippen LogP contribution in [0.3, 0.4) is 0 Å². The highest BCUT2D eigenvalue weighted by atomic mass is 32.2. The highest BCUT2D eigenvalue weighted by Gasteiger charge is 2.25. The van der Waals surface area contributed by atoms with Gasteiger partial charge >= 0.3 is 10.2 Å². The molecule has 2 rings (SSSR count). The molecule has 1 aromatic heterocycles. The third kappa shape index (κ3) is 3.15. The lowest BCUT2D eigenvalue weighted by Gasteiger charge is -2.26. The molecule has 0 saturated heterocycles. The van der Waals surface area contributed by atoms with Gasteiger partial charge in [-0.3, -0.25) is 0 Å². The number of hydrogen-bond acceptors (Lipinski definition) is 3. The molecule has 6 heteroatoms. The molecule has 0 aliphatic rings. The predicted octanol–water partition coefficient (Wildman–Crippen LogP) is 1.89. The standard InChI is InChI=1S/C14H17N3O2S/c1-16(2)20(18,19)17(14-10-6-7-11-15-14)12-13-8-4-3-5-9-13/h3-11H,12H2,1-2H3. The highest BCUT2D eigenvalue weighted by molar-refractivity contribution is 7.90. The Labute approximate surface area is 119 Å². The molecule has 0 spiro atoms. The van der Waals surface area contributed by atoms with E-state index in [4.69, 9.17) is 0 Å². The number of pyridine rings is 1. The maximum Gasteiger partial charge on any atom is 0.305 e. The van der Waals surface area contributed by atoms with Crippen LogP contribution < -0.4 is 4.31 Å². The Morgan fingerprint density at radius 1 is 1.00 bits per heavy atom. The fourth-order valence-corrected chi connectivity index (χ4v) is 2.78. The molecule has 5 nitrogen and oxygen atoms in total. The second-order valence-electron chi connectivity index (χ2n) is 4.47. The summed E-state index contributed by atoms with van der Waals surface area (Å²) in [5, 5.41) is 0. The van der Waals surface area contributed by atoms with Crippen molar-refractivity contribution in [3.63, 3.8) is 0 Å². The number of anilines is 1. The molecule has 1 aromatic carbocycles. The summed E-state index contributed by atoms with van der Waals surface area (Å²) in [5.74, 6) is 0.407. The normalized spacial score (nSPS) is 11.6. The van der Waals surface area contributed by atoms with Crippen LogP contribution in [0, 0.1) is 0 Å². The molecule has 0 bridgehead atoms. The molecular weight excluding hydrogens is 274 g/mol. The van der Waals surface area contributed by atoms with Crippen molar-refractivity contribution in [1.29, 1.82) is 0 Å². The van der Waals surface area contributed by atoms with Crippen molar-refractivity contribution in [3.05, 3.63) is 60.3 Å². The molecule has 0 aliphatic heterocycles. The van der Waals surface area contributed by atoms with Crippen LogP contribution in [0.4, 0.5) is 5.82 Å². The molecule has 1 heterocycles. The molecule has 0 atom stereocenters. The summed E-state index contributed by atoms with van der Waals surface area (Å²) in [6.45, 7) is 0.248. The zero-order valence-electron chi connectivity index (χ0n) is 11.5. The average molecular weight is 291 g/mol. The fourth-order valence-electron chi connectivity index (χ4n) is 1.73. The lowest BCUT2D eigenvalue weighted by atomic mass is 10.2. The van der Waals surface area contributed by atoms with E-state index in [0.717, 1.165) is 5.56 Å². The highest BCUT2D eigenvalue weighted by Crippen LogP contribution is 2.19. The van der Waals surface area contributed by atoms with E-state index in [0.29, 0.717) is 5.82 Å². The van der Waals surface area contributed by atoms with Gasteiger partial charge in [-0.05, 0) is 17.7 Å². The van der Waals surface area contributed by atoms with Gasteiger partial charge in [0.25, 0.3) is 0 Å². The van der Waals surface area contributed by atoms with Gasteiger partial charge < -0.3 is 0 Å². The van der Waals surface area contributed by atoms with Crippen LogP contribution in [-0.2, 0) is 16.8 Å². The SMILES string of the molecule is CN(C)S(=O)(=O)N(Cc1ccccc1)c1ccccn1. The Morgan fingerprint density at radius 3 is 2.20 bits per heavy atom. The van der Waals surface area contributed by atoms with Gasteiger partial charge in [0.2, 0.25) is 0 Å². The molecule has 0 saturated carbocycles. The van der Waals surface area contributed by atoms with Crippen molar-refractivity contribution >= 4 is 16.0 Å². The molecule has 0 amide bonds. The van der Waals surface area contributed by atoms with Crippen LogP contribution in [0.25, 0.3) is 0 Å². The van der Waals surface area contributed by atoms with Gasteiger partial charge in [0.15, 0.2) is 0 Å². The van der Waals surface area contributed by atoms with Crippen LogP contribution in [0.1, 0.15) is 5.56 Å². The van der Waals surface area contributed by atoms with Gasteiger partial charge in [0, 0.05) is 20.3 Å². The Morgan fingerprint density at radius 2 is 1.65 bits per heavy atom. The van der Waals surface area contributed by atoms with E-state index in [1.807, 2.05) is 30.3 Å². The second kappa shape index (κ2) is 6.02. The zero-order chi connectivity index (χ0) is 14.6. The summed E-state index contributed by atoms with van der Waals surface area (Å²) in [4.78, 5) is 4.14. The Balaban J connectivity index is 2.41. The van der Waals surface area contributed by atoms with Crippen molar-refractivity contribution in [2.75, 3.05) is 18.4 Å². The van der Waals surface area contributed by atoms with Crippen molar-refractivity contribution in [3.8, 4) is 0 Å². The third-order valence-electron chi connectivity index (χ3n) is 2.81. The Bertz CT molecular complexity index is 643. The second-order valence-corrected chi connectivity index (χ2v) is 6.54. The molecule has 106 valence electrons. The van der Waals surface area contributed by atoms with Crippen LogP contribution in [0.5, 0.6) is 0 Å². The van der Waals surface area contributed by atoms with Crippen LogP contribution >= 0.6 is 0 Å². The van der Waals surface area contributed by atoms with Gasteiger partial charge in [-0.25, -0.2) is 9.29 Å². The number of hydrogen-bond donors (Lipinski definition) is 0. The predicted molar refractivity (Wildman–Crippen MR) is 79.5 cm³/mol. The zero-order valence-corrected chi connectivity index (χ0v) is 12.3. The van der Waals surface area contributed by atoms with Crippen molar-refractivity contribution in [1.82, 2.24) is 9.29 Å². The average Bonchev–Trinajstić information content (AvgIpc) is 2.46. The van der Waals surface area contributed by atoms with E-state index >= 15 is 0 Å².